The molecule has 2 heterocycles. The summed E-state index contributed by atoms with van der Waals surface area (Å²) in [5.41, 5.74) is 3.75. The minimum Gasteiger partial charge on any atom is -0.325 e. The van der Waals surface area contributed by atoms with Gasteiger partial charge in [-0.05, 0) is 23.8 Å². The molecular formula is C21H18N4OS. The normalized spacial score (nSPS) is 10.8. The second kappa shape index (κ2) is 8.05. The molecule has 0 aliphatic heterocycles. The molecule has 0 spiro atoms. The van der Waals surface area contributed by atoms with Crippen molar-refractivity contribution in [2.75, 3.05) is 11.1 Å². The summed E-state index contributed by atoms with van der Waals surface area (Å²) in [4.78, 5) is 21.0. The molecule has 5 nitrogen and oxygen atoms in total. The van der Waals surface area contributed by atoms with Crippen molar-refractivity contribution in [1.82, 2.24) is 14.4 Å². The van der Waals surface area contributed by atoms with Gasteiger partial charge in [0, 0.05) is 35.6 Å². The van der Waals surface area contributed by atoms with Gasteiger partial charge in [0.25, 0.3) is 0 Å². The zero-order valence-corrected chi connectivity index (χ0v) is 15.4. The lowest BCUT2D eigenvalue weighted by atomic mass is 10.1. The van der Waals surface area contributed by atoms with Crippen molar-refractivity contribution in [2.24, 2.45) is 0 Å². The Hall–Kier alpha value is -3.12. The molecule has 4 aromatic rings. The van der Waals surface area contributed by atoms with Gasteiger partial charge in [-0.1, -0.05) is 42.5 Å². The molecule has 0 aliphatic rings. The first kappa shape index (κ1) is 17.3. The Labute approximate surface area is 161 Å². The van der Waals surface area contributed by atoms with Crippen molar-refractivity contribution in [3.63, 3.8) is 0 Å². The Morgan fingerprint density at radius 3 is 2.81 bits per heavy atom. The number of hydrogen-bond acceptors (Lipinski definition) is 4. The third-order valence-corrected chi connectivity index (χ3v) is 5.03. The summed E-state index contributed by atoms with van der Waals surface area (Å²) < 4.78 is 1.88. The Bertz CT molecular complexity index is 1030. The highest BCUT2D eigenvalue weighted by molar-refractivity contribution is 7.99. The lowest BCUT2D eigenvalue weighted by Crippen LogP contribution is -2.14. The topological polar surface area (TPSA) is 59.3 Å². The summed E-state index contributed by atoms with van der Waals surface area (Å²) in [5, 5.41) is 2.96. The number of hydrogen-bond donors (Lipinski definition) is 1. The zero-order valence-electron chi connectivity index (χ0n) is 14.6. The number of fused-ring (bicyclic) bond motifs is 1. The number of aromatic nitrogens is 3. The fraction of sp³-hybridized carbons (Fsp3) is 0.0952. The molecule has 2 aromatic heterocycles. The van der Waals surface area contributed by atoms with Gasteiger partial charge >= 0.3 is 0 Å². The average molecular weight is 374 g/mol. The Morgan fingerprint density at radius 1 is 1.07 bits per heavy atom. The van der Waals surface area contributed by atoms with E-state index >= 15 is 0 Å². The Kier molecular flexibility index (Phi) is 5.16. The minimum absolute atomic E-state index is 0.00949. The molecule has 0 aliphatic carbocycles. The van der Waals surface area contributed by atoms with Crippen LogP contribution >= 0.6 is 11.8 Å². The van der Waals surface area contributed by atoms with E-state index in [1.807, 2.05) is 65.3 Å². The maximum Gasteiger partial charge on any atom is 0.234 e. The van der Waals surface area contributed by atoms with Gasteiger partial charge in [0.15, 0.2) is 0 Å². The van der Waals surface area contributed by atoms with Crippen LogP contribution in [-0.4, -0.2) is 26.0 Å². The number of anilines is 1. The van der Waals surface area contributed by atoms with E-state index in [0.717, 1.165) is 22.7 Å². The van der Waals surface area contributed by atoms with Crippen LogP contribution in [0.1, 0.15) is 5.56 Å². The first-order valence-corrected chi connectivity index (χ1v) is 9.75. The number of nitrogens with zero attached hydrogens (tertiary/aromatic N) is 3. The summed E-state index contributed by atoms with van der Waals surface area (Å²) in [7, 11) is 0. The average Bonchev–Trinajstić information content (AvgIpc) is 3.13. The zero-order chi connectivity index (χ0) is 18.5. The van der Waals surface area contributed by atoms with Crippen LogP contribution in [0.5, 0.6) is 0 Å². The smallest absolute Gasteiger partial charge is 0.234 e. The van der Waals surface area contributed by atoms with Crippen molar-refractivity contribution in [1.29, 1.82) is 0 Å². The van der Waals surface area contributed by atoms with Gasteiger partial charge in [-0.3, -0.25) is 9.20 Å². The molecule has 0 saturated carbocycles. The number of carbonyl (C=O) groups is 1. The highest BCUT2D eigenvalue weighted by atomic mass is 32.2. The predicted octanol–water partition coefficient (Wildman–Crippen LogP) is 4.27. The first-order valence-electron chi connectivity index (χ1n) is 8.59. The van der Waals surface area contributed by atoms with Crippen molar-refractivity contribution < 1.29 is 4.79 Å². The third-order valence-electron chi connectivity index (χ3n) is 4.02. The third kappa shape index (κ3) is 4.35. The van der Waals surface area contributed by atoms with E-state index in [2.05, 4.69) is 27.4 Å². The summed E-state index contributed by atoms with van der Waals surface area (Å²) >= 11 is 1.60. The summed E-state index contributed by atoms with van der Waals surface area (Å²) in [6.07, 6.45) is 5.56. The Balaban J connectivity index is 1.39. The summed E-state index contributed by atoms with van der Waals surface area (Å²) in [6, 6.07) is 19.7. The van der Waals surface area contributed by atoms with Crippen LogP contribution in [0.2, 0.25) is 0 Å². The van der Waals surface area contributed by atoms with Gasteiger partial charge in [-0.2, -0.15) is 0 Å². The van der Waals surface area contributed by atoms with Crippen LogP contribution in [0, 0.1) is 0 Å². The Morgan fingerprint density at radius 2 is 1.96 bits per heavy atom. The number of nitrogens with one attached hydrogen (secondary N) is 1. The van der Waals surface area contributed by atoms with Gasteiger partial charge < -0.3 is 5.32 Å². The van der Waals surface area contributed by atoms with Crippen LogP contribution in [-0.2, 0) is 10.5 Å². The van der Waals surface area contributed by atoms with E-state index in [-0.39, 0.29) is 5.91 Å². The maximum atomic E-state index is 12.2. The maximum absolute atomic E-state index is 12.2. The molecule has 0 bridgehead atoms. The van der Waals surface area contributed by atoms with Gasteiger partial charge in [0.1, 0.15) is 0 Å². The molecule has 4 rings (SSSR count). The molecule has 0 radical (unpaired) electrons. The molecular weight excluding hydrogens is 356 g/mol. The van der Waals surface area contributed by atoms with Crippen molar-refractivity contribution in [3.8, 4) is 11.3 Å². The fourth-order valence-corrected chi connectivity index (χ4v) is 3.55. The molecule has 2 aromatic carbocycles. The first-order chi connectivity index (χ1) is 13.3. The number of amides is 1. The lowest BCUT2D eigenvalue weighted by Gasteiger charge is -2.07. The van der Waals surface area contributed by atoms with Crippen LogP contribution < -0.4 is 5.32 Å². The largest absolute Gasteiger partial charge is 0.325 e. The van der Waals surface area contributed by atoms with E-state index in [9.17, 15) is 4.79 Å². The molecule has 27 heavy (non-hydrogen) atoms. The van der Waals surface area contributed by atoms with Gasteiger partial charge in [0.05, 0.1) is 11.4 Å². The van der Waals surface area contributed by atoms with E-state index in [1.54, 1.807) is 18.0 Å². The molecule has 6 heteroatoms. The molecule has 0 fully saturated rings. The monoisotopic (exact) mass is 374 g/mol. The quantitative estimate of drug-likeness (QED) is 0.548. The number of benzene rings is 2. The van der Waals surface area contributed by atoms with Crippen molar-refractivity contribution >= 4 is 29.1 Å². The van der Waals surface area contributed by atoms with Crippen LogP contribution in [0.4, 0.5) is 5.69 Å². The summed E-state index contributed by atoms with van der Waals surface area (Å²) in [5.74, 6) is 1.88. The number of imidazole rings is 1. The minimum atomic E-state index is -0.00949. The van der Waals surface area contributed by atoms with Crippen LogP contribution in [0.25, 0.3) is 17.0 Å². The van der Waals surface area contributed by atoms with E-state index in [0.29, 0.717) is 11.5 Å². The number of carbonyl (C=O) groups excluding carboxylic acids is 1. The standard InChI is InChI=1S/C21H18N4OS/c26-20(15-27-14-16-6-2-1-3-7-16)23-18-9-4-8-17(12-18)19-13-25-11-5-10-22-21(25)24-19/h1-13H,14-15H2,(H,23,26). The van der Waals surface area contributed by atoms with Crippen molar-refractivity contribution in [3.05, 3.63) is 84.8 Å². The number of rotatable bonds is 6. The second-order valence-electron chi connectivity index (χ2n) is 6.06. The van der Waals surface area contributed by atoms with Gasteiger partial charge in [-0.15, -0.1) is 11.8 Å². The molecule has 0 saturated heterocycles. The van der Waals surface area contributed by atoms with Gasteiger partial charge in [-0.25, -0.2) is 9.97 Å². The van der Waals surface area contributed by atoms with E-state index < -0.39 is 0 Å². The predicted molar refractivity (Wildman–Crippen MR) is 110 cm³/mol. The SMILES string of the molecule is O=C(CSCc1ccccc1)Nc1cccc(-c2cn3cccnc3n2)c1. The highest BCUT2D eigenvalue weighted by Gasteiger charge is 2.07. The molecule has 1 amide bonds. The van der Waals surface area contributed by atoms with Crippen LogP contribution in [0.15, 0.2) is 79.3 Å². The number of thioether (sulfide) groups is 1. The molecule has 0 unspecified atom stereocenters. The molecule has 0 atom stereocenters. The van der Waals surface area contributed by atoms with Crippen molar-refractivity contribution in [2.45, 2.75) is 5.75 Å². The second-order valence-corrected chi connectivity index (χ2v) is 7.05. The molecule has 1 N–H and O–H groups in total. The lowest BCUT2D eigenvalue weighted by molar-refractivity contribution is -0.113. The molecule has 134 valence electrons. The highest BCUT2D eigenvalue weighted by Crippen LogP contribution is 2.22. The van der Waals surface area contributed by atoms with Gasteiger partial charge in [0.2, 0.25) is 11.7 Å². The van der Waals surface area contributed by atoms with Crippen LogP contribution in [0.3, 0.4) is 0 Å². The van der Waals surface area contributed by atoms with E-state index in [1.165, 1.54) is 5.56 Å². The fourth-order valence-electron chi connectivity index (χ4n) is 2.76. The van der Waals surface area contributed by atoms with E-state index in [4.69, 9.17) is 0 Å². The summed E-state index contributed by atoms with van der Waals surface area (Å²) in [6.45, 7) is 0.